The lowest BCUT2D eigenvalue weighted by atomic mass is 9.85. The Kier molecular flexibility index (Phi) is 6.07. The van der Waals surface area contributed by atoms with E-state index in [2.05, 4.69) is 38.0 Å². The molecule has 1 rings (SSSR count). The number of pyridine rings is 1. The lowest BCUT2D eigenvalue weighted by Crippen LogP contribution is -2.36. The first-order chi connectivity index (χ1) is 9.38. The topological polar surface area (TPSA) is 68.1 Å². The van der Waals surface area contributed by atoms with Gasteiger partial charge in [-0.15, -0.1) is 0 Å². The third-order valence-electron chi connectivity index (χ3n) is 3.52. The van der Waals surface area contributed by atoms with Crippen molar-refractivity contribution >= 4 is 5.69 Å². The molecule has 0 fully saturated rings. The van der Waals surface area contributed by atoms with Gasteiger partial charge in [0.05, 0.1) is 4.92 Å². The van der Waals surface area contributed by atoms with Crippen LogP contribution in [0.4, 0.5) is 5.69 Å². The lowest BCUT2D eigenvalue weighted by molar-refractivity contribution is -0.386. The van der Waals surface area contributed by atoms with Crippen molar-refractivity contribution in [1.29, 1.82) is 0 Å². The predicted molar refractivity (Wildman–Crippen MR) is 81.0 cm³/mol. The fourth-order valence-electron chi connectivity index (χ4n) is 2.60. The van der Waals surface area contributed by atoms with E-state index >= 15 is 0 Å². The zero-order valence-corrected chi connectivity index (χ0v) is 13.0. The molecule has 0 bridgehead atoms. The molecule has 1 heterocycles. The van der Waals surface area contributed by atoms with Gasteiger partial charge in [-0.3, -0.25) is 15.1 Å². The van der Waals surface area contributed by atoms with Crippen molar-refractivity contribution in [1.82, 2.24) is 10.3 Å². The zero-order valence-electron chi connectivity index (χ0n) is 13.0. The molecular weight excluding hydrogens is 254 g/mol. The van der Waals surface area contributed by atoms with Crippen LogP contribution < -0.4 is 5.32 Å². The number of rotatable bonds is 7. The van der Waals surface area contributed by atoms with Crippen molar-refractivity contribution in [2.45, 2.75) is 53.0 Å². The monoisotopic (exact) mass is 279 g/mol. The maximum absolute atomic E-state index is 11.3. The summed E-state index contributed by atoms with van der Waals surface area (Å²) in [4.78, 5) is 15.3. The number of hydrogen-bond acceptors (Lipinski definition) is 4. The standard InChI is InChI=1S/C15H25N3O2/c1-6-7-16-12(5)14(10(2)3)15-13(18(19)20)8-11(4)9-17-15/h8-10,12,14,16H,6-7H2,1-5H3. The number of hydrogen-bond donors (Lipinski definition) is 1. The Morgan fingerprint density at radius 1 is 1.40 bits per heavy atom. The van der Waals surface area contributed by atoms with Crippen LogP contribution >= 0.6 is 0 Å². The molecule has 0 saturated heterocycles. The van der Waals surface area contributed by atoms with Crippen LogP contribution in [0.3, 0.4) is 0 Å². The van der Waals surface area contributed by atoms with Crippen LogP contribution in [-0.4, -0.2) is 22.5 Å². The maximum atomic E-state index is 11.3. The third-order valence-corrected chi connectivity index (χ3v) is 3.52. The van der Waals surface area contributed by atoms with E-state index in [0.29, 0.717) is 5.69 Å². The van der Waals surface area contributed by atoms with E-state index in [0.717, 1.165) is 18.5 Å². The maximum Gasteiger partial charge on any atom is 0.291 e. The van der Waals surface area contributed by atoms with Crippen molar-refractivity contribution in [2.24, 2.45) is 5.92 Å². The highest BCUT2D eigenvalue weighted by Gasteiger charge is 2.30. The molecule has 0 aliphatic rings. The molecule has 1 aromatic heterocycles. The van der Waals surface area contributed by atoms with Crippen molar-refractivity contribution in [3.63, 3.8) is 0 Å². The van der Waals surface area contributed by atoms with Gasteiger partial charge in [0.1, 0.15) is 5.69 Å². The highest BCUT2D eigenvalue weighted by atomic mass is 16.6. The molecule has 0 aliphatic heterocycles. The van der Waals surface area contributed by atoms with Crippen LogP contribution in [0, 0.1) is 23.0 Å². The van der Waals surface area contributed by atoms with Crippen LogP contribution in [0.1, 0.15) is 51.3 Å². The van der Waals surface area contributed by atoms with Crippen LogP contribution in [0.2, 0.25) is 0 Å². The van der Waals surface area contributed by atoms with Gasteiger partial charge in [0.15, 0.2) is 0 Å². The Morgan fingerprint density at radius 3 is 2.55 bits per heavy atom. The third kappa shape index (κ3) is 4.00. The fraction of sp³-hybridized carbons (Fsp3) is 0.667. The molecule has 2 atom stereocenters. The molecule has 1 aromatic rings. The molecule has 0 aliphatic carbocycles. The van der Waals surface area contributed by atoms with Gasteiger partial charge >= 0.3 is 0 Å². The molecule has 0 aromatic carbocycles. The molecule has 0 spiro atoms. The Hall–Kier alpha value is -1.49. The molecule has 1 N–H and O–H groups in total. The fourth-order valence-corrected chi connectivity index (χ4v) is 2.60. The second-order valence-electron chi connectivity index (χ2n) is 5.69. The van der Waals surface area contributed by atoms with Crippen LogP contribution in [0.25, 0.3) is 0 Å². The minimum absolute atomic E-state index is 0.0301. The number of nitrogens with one attached hydrogen (secondary N) is 1. The van der Waals surface area contributed by atoms with Gasteiger partial charge in [0.2, 0.25) is 0 Å². The second-order valence-corrected chi connectivity index (χ2v) is 5.69. The summed E-state index contributed by atoms with van der Waals surface area (Å²) in [6, 6.07) is 1.77. The van der Waals surface area contributed by atoms with Crippen LogP contribution in [0.15, 0.2) is 12.3 Å². The largest absolute Gasteiger partial charge is 0.314 e. The van der Waals surface area contributed by atoms with Gasteiger partial charge < -0.3 is 5.32 Å². The van der Waals surface area contributed by atoms with E-state index in [1.807, 2.05) is 6.92 Å². The first kappa shape index (κ1) is 16.6. The SMILES string of the molecule is CCCNC(C)C(c1ncc(C)cc1[N+](=O)[O-])C(C)C. The Balaban J connectivity index is 3.18. The lowest BCUT2D eigenvalue weighted by Gasteiger charge is -2.27. The van der Waals surface area contributed by atoms with E-state index in [4.69, 9.17) is 0 Å². The van der Waals surface area contributed by atoms with Gasteiger partial charge in [0, 0.05) is 24.2 Å². The molecule has 2 unspecified atom stereocenters. The summed E-state index contributed by atoms with van der Waals surface area (Å²) in [5.41, 5.74) is 1.54. The Labute approximate surface area is 121 Å². The summed E-state index contributed by atoms with van der Waals surface area (Å²) in [5, 5.41) is 14.7. The zero-order chi connectivity index (χ0) is 15.3. The summed E-state index contributed by atoms with van der Waals surface area (Å²) in [6.45, 7) is 11.1. The molecule has 0 saturated carbocycles. The summed E-state index contributed by atoms with van der Waals surface area (Å²) >= 11 is 0. The van der Waals surface area contributed by atoms with Crippen LogP contribution in [0.5, 0.6) is 0 Å². The van der Waals surface area contributed by atoms with E-state index in [9.17, 15) is 10.1 Å². The summed E-state index contributed by atoms with van der Waals surface area (Å²) in [5.74, 6) is 0.311. The van der Waals surface area contributed by atoms with Crippen LogP contribution in [-0.2, 0) is 0 Å². The molecule has 5 nitrogen and oxygen atoms in total. The number of nitro groups is 1. The first-order valence-corrected chi connectivity index (χ1v) is 7.22. The molecule has 5 heteroatoms. The van der Waals surface area contributed by atoms with Gasteiger partial charge in [-0.05, 0) is 38.3 Å². The summed E-state index contributed by atoms with van der Waals surface area (Å²) < 4.78 is 0. The van der Waals surface area contributed by atoms with Gasteiger partial charge in [-0.1, -0.05) is 20.8 Å². The predicted octanol–water partition coefficient (Wildman–Crippen LogP) is 3.43. The molecule has 0 radical (unpaired) electrons. The number of aromatic nitrogens is 1. The molecule has 20 heavy (non-hydrogen) atoms. The van der Waals surface area contributed by atoms with E-state index in [-0.39, 0.29) is 28.5 Å². The van der Waals surface area contributed by atoms with E-state index in [1.165, 1.54) is 0 Å². The van der Waals surface area contributed by atoms with Crippen molar-refractivity contribution < 1.29 is 4.92 Å². The minimum atomic E-state index is -0.322. The second kappa shape index (κ2) is 7.33. The van der Waals surface area contributed by atoms with E-state index < -0.39 is 0 Å². The van der Waals surface area contributed by atoms with Crippen molar-refractivity contribution in [3.8, 4) is 0 Å². The average Bonchev–Trinajstić information content (AvgIpc) is 2.37. The van der Waals surface area contributed by atoms with Crippen molar-refractivity contribution in [3.05, 3.63) is 33.6 Å². The highest BCUT2D eigenvalue weighted by Crippen LogP contribution is 2.33. The number of nitrogens with zero attached hydrogens (tertiary/aromatic N) is 2. The van der Waals surface area contributed by atoms with Gasteiger partial charge in [0.25, 0.3) is 5.69 Å². The van der Waals surface area contributed by atoms with Gasteiger partial charge in [-0.2, -0.15) is 0 Å². The molecule has 0 amide bonds. The molecule has 112 valence electrons. The Morgan fingerprint density at radius 2 is 2.05 bits per heavy atom. The normalized spacial score (nSPS) is 14.3. The minimum Gasteiger partial charge on any atom is -0.314 e. The Bertz CT molecular complexity index is 460. The smallest absolute Gasteiger partial charge is 0.291 e. The quantitative estimate of drug-likeness (QED) is 0.613. The van der Waals surface area contributed by atoms with Gasteiger partial charge in [-0.25, -0.2) is 0 Å². The average molecular weight is 279 g/mol. The summed E-state index contributed by atoms with van der Waals surface area (Å²) in [6.07, 6.45) is 2.75. The number of aryl methyl sites for hydroxylation is 1. The summed E-state index contributed by atoms with van der Waals surface area (Å²) in [7, 11) is 0. The first-order valence-electron chi connectivity index (χ1n) is 7.22. The highest BCUT2D eigenvalue weighted by molar-refractivity contribution is 5.40. The van der Waals surface area contributed by atoms with Crippen molar-refractivity contribution in [2.75, 3.05) is 6.54 Å². The van der Waals surface area contributed by atoms with E-state index in [1.54, 1.807) is 12.3 Å². The molecular formula is C15H25N3O2.